The molecule has 1 saturated heterocycles. The monoisotopic (exact) mass is 480 g/mol. The second-order valence-corrected chi connectivity index (χ2v) is 8.64. The molecule has 0 radical (unpaired) electrons. The van der Waals surface area contributed by atoms with Crippen molar-refractivity contribution in [2.45, 2.75) is 70.1 Å². The zero-order valence-electron chi connectivity index (χ0n) is 19.2. The number of aromatic nitrogens is 2. The number of hydrogen-bond acceptors (Lipinski definition) is 7. The average molecular weight is 481 g/mol. The minimum absolute atomic E-state index is 0.230. The molecule has 0 aromatic carbocycles. The number of likely N-dealkylation sites (tertiary alicyclic amines) is 1. The Balaban J connectivity index is 2.04. The standard InChI is InChI=1S/C21H32N6O7/c1-11(2)17(19(31)25-14(21(33)34)5-6-16(28)29)26-18(30)15-4-3-7-27(15)20(32)13(22)8-12-9-23-10-24-12/h9-11,13-15,17H,3-8,22H2,1-2H3,(H,23,24)(H,25,31)(H,26,30)(H,28,29)(H,33,34). The van der Waals surface area contributed by atoms with E-state index in [2.05, 4.69) is 20.6 Å². The molecule has 3 amide bonds. The fourth-order valence-corrected chi connectivity index (χ4v) is 3.81. The topological polar surface area (TPSA) is 208 Å². The molecule has 1 aliphatic rings. The van der Waals surface area contributed by atoms with E-state index in [-0.39, 0.29) is 12.8 Å². The predicted octanol–water partition coefficient (Wildman–Crippen LogP) is -1.15. The lowest BCUT2D eigenvalue weighted by atomic mass is 10.0. The van der Waals surface area contributed by atoms with Crippen molar-refractivity contribution in [3.05, 3.63) is 18.2 Å². The molecule has 0 saturated carbocycles. The van der Waals surface area contributed by atoms with E-state index in [0.29, 0.717) is 25.1 Å². The van der Waals surface area contributed by atoms with Crippen molar-refractivity contribution in [2.75, 3.05) is 6.54 Å². The van der Waals surface area contributed by atoms with Crippen LogP contribution in [0.4, 0.5) is 0 Å². The van der Waals surface area contributed by atoms with E-state index in [0.717, 1.165) is 0 Å². The summed E-state index contributed by atoms with van der Waals surface area (Å²) in [6, 6.07) is -4.16. The van der Waals surface area contributed by atoms with Crippen LogP contribution in [0.3, 0.4) is 0 Å². The Hall–Kier alpha value is -3.48. The van der Waals surface area contributed by atoms with E-state index in [1.807, 2.05) is 0 Å². The zero-order valence-corrected chi connectivity index (χ0v) is 19.2. The Bertz CT molecular complexity index is 888. The first-order valence-corrected chi connectivity index (χ1v) is 11.1. The number of nitrogens with zero attached hydrogens (tertiary/aromatic N) is 2. The van der Waals surface area contributed by atoms with E-state index < -0.39 is 66.2 Å². The van der Waals surface area contributed by atoms with Crippen LogP contribution >= 0.6 is 0 Å². The van der Waals surface area contributed by atoms with Gasteiger partial charge in [0.25, 0.3) is 0 Å². The zero-order chi connectivity index (χ0) is 25.4. The normalized spacial score (nSPS) is 18.2. The summed E-state index contributed by atoms with van der Waals surface area (Å²) in [6.45, 7) is 3.70. The number of carboxylic acids is 2. The van der Waals surface area contributed by atoms with Gasteiger partial charge >= 0.3 is 11.9 Å². The van der Waals surface area contributed by atoms with Gasteiger partial charge in [0.2, 0.25) is 17.7 Å². The third kappa shape index (κ3) is 7.27. The Labute approximate surface area is 196 Å². The third-order valence-electron chi connectivity index (χ3n) is 5.66. The summed E-state index contributed by atoms with van der Waals surface area (Å²) in [7, 11) is 0. The molecule has 1 aromatic heterocycles. The van der Waals surface area contributed by atoms with Crippen molar-refractivity contribution in [1.29, 1.82) is 0 Å². The van der Waals surface area contributed by atoms with Gasteiger partial charge < -0.3 is 36.5 Å². The maximum atomic E-state index is 13.0. The number of nitrogens with one attached hydrogen (secondary N) is 3. The highest BCUT2D eigenvalue weighted by Crippen LogP contribution is 2.20. The van der Waals surface area contributed by atoms with Crippen LogP contribution in [-0.2, 0) is 30.4 Å². The molecular weight excluding hydrogens is 448 g/mol. The number of carboxylic acid groups (broad SMARTS) is 2. The molecule has 2 rings (SSSR count). The smallest absolute Gasteiger partial charge is 0.326 e. The molecule has 2 heterocycles. The largest absolute Gasteiger partial charge is 0.481 e. The highest BCUT2D eigenvalue weighted by Gasteiger charge is 2.38. The summed E-state index contributed by atoms with van der Waals surface area (Å²) in [4.78, 5) is 69.0. The predicted molar refractivity (Wildman–Crippen MR) is 118 cm³/mol. The Morgan fingerprint density at radius 3 is 2.50 bits per heavy atom. The van der Waals surface area contributed by atoms with Gasteiger partial charge in [0.15, 0.2) is 0 Å². The summed E-state index contributed by atoms with van der Waals surface area (Å²) >= 11 is 0. The molecule has 1 aromatic rings. The van der Waals surface area contributed by atoms with E-state index >= 15 is 0 Å². The van der Waals surface area contributed by atoms with Crippen LogP contribution in [0.1, 0.15) is 45.2 Å². The number of aliphatic carboxylic acids is 2. The van der Waals surface area contributed by atoms with Gasteiger partial charge in [-0.05, 0) is 25.2 Å². The molecule has 34 heavy (non-hydrogen) atoms. The van der Waals surface area contributed by atoms with Gasteiger partial charge in [-0.15, -0.1) is 0 Å². The molecule has 0 aliphatic carbocycles. The molecule has 4 atom stereocenters. The Kier molecular flexibility index (Phi) is 9.54. The number of hydrogen-bond donors (Lipinski definition) is 6. The molecule has 0 bridgehead atoms. The maximum Gasteiger partial charge on any atom is 0.326 e. The van der Waals surface area contributed by atoms with Gasteiger partial charge in [-0.1, -0.05) is 13.8 Å². The summed E-state index contributed by atoms with van der Waals surface area (Å²) < 4.78 is 0. The van der Waals surface area contributed by atoms with Crippen LogP contribution in [0.15, 0.2) is 12.5 Å². The summed E-state index contributed by atoms with van der Waals surface area (Å²) in [5.41, 5.74) is 6.74. The molecular formula is C21H32N6O7. The first kappa shape index (κ1) is 26.8. The van der Waals surface area contributed by atoms with Crippen molar-refractivity contribution >= 4 is 29.7 Å². The molecule has 0 spiro atoms. The fourth-order valence-electron chi connectivity index (χ4n) is 3.81. The van der Waals surface area contributed by atoms with Crippen molar-refractivity contribution < 1.29 is 34.2 Å². The highest BCUT2D eigenvalue weighted by molar-refractivity contribution is 5.94. The highest BCUT2D eigenvalue weighted by atomic mass is 16.4. The van der Waals surface area contributed by atoms with Crippen LogP contribution in [0.5, 0.6) is 0 Å². The summed E-state index contributed by atoms with van der Waals surface area (Å²) in [5.74, 6) is -4.63. The molecule has 13 nitrogen and oxygen atoms in total. The first-order valence-electron chi connectivity index (χ1n) is 11.1. The maximum absolute atomic E-state index is 13.0. The lowest BCUT2D eigenvalue weighted by Crippen LogP contribution is -2.58. The van der Waals surface area contributed by atoms with Gasteiger partial charge in [0.05, 0.1) is 12.4 Å². The number of H-pyrrole nitrogens is 1. The lowest BCUT2D eigenvalue weighted by molar-refractivity contribution is -0.144. The van der Waals surface area contributed by atoms with E-state index in [1.165, 1.54) is 11.2 Å². The lowest BCUT2D eigenvalue weighted by Gasteiger charge is -2.29. The van der Waals surface area contributed by atoms with Crippen LogP contribution in [0.25, 0.3) is 0 Å². The number of nitrogens with two attached hydrogens (primary N) is 1. The summed E-state index contributed by atoms with van der Waals surface area (Å²) in [6.07, 6.45) is 3.53. The van der Waals surface area contributed by atoms with E-state index in [4.69, 9.17) is 10.8 Å². The molecule has 7 N–H and O–H groups in total. The van der Waals surface area contributed by atoms with Crippen molar-refractivity contribution in [3.63, 3.8) is 0 Å². The average Bonchev–Trinajstić information content (AvgIpc) is 3.45. The minimum atomic E-state index is -1.41. The van der Waals surface area contributed by atoms with E-state index in [9.17, 15) is 29.1 Å². The molecule has 13 heteroatoms. The SMILES string of the molecule is CC(C)C(NC(=O)C1CCCN1C(=O)C(N)Cc1cnc[nH]1)C(=O)NC(CCC(=O)O)C(=O)O. The quantitative estimate of drug-likeness (QED) is 0.213. The number of amides is 3. The number of carbonyl (C=O) groups excluding carboxylic acids is 3. The third-order valence-corrected chi connectivity index (χ3v) is 5.66. The van der Waals surface area contributed by atoms with Gasteiger partial charge in [-0.25, -0.2) is 9.78 Å². The summed E-state index contributed by atoms with van der Waals surface area (Å²) in [5, 5.41) is 23.0. The Morgan fingerprint density at radius 2 is 1.94 bits per heavy atom. The van der Waals surface area contributed by atoms with E-state index in [1.54, 1.807) is 20.0 Å². The number of aromatic amines is 1. The Morgan fingerprint density at radius 1 is 1.24 bits per heavy atom. The number of rotatable bonds is 12. The van der Waals surface area contributed by atoms with Crippen molar-refractivity contribution in [3.8, 4) is 0 Å². The van der Waals surface area contributed by atoms with Gasteiger partial charge in [0, 0.05) is 31.3 Å². The van der Waals surface area contributed by atoms with Crippen molar-refractivity contribution in [1.82, 2.24) is 25.5 Å². The van der Waals surface area contributed by atoms with Crippen LogP contribution < -0.4 is 16.4 Å². The molecule has 1 aliphatic heterocycles. The van der Waals surface area contributed by atoms with Gasteiger partial charge in [0.1, 0.15) is 18.1 Å². The van der Waals surface area contributed by atoms with Crippen LogP contribution in [-0.4, -0.2) is 85.5 Å². The fraction of sp³-hybridized carbons (Fsp3) is 0.619. The van der Waals surface area contributed by atoms with Gasteiger partial charge in [-0.2, -0.15) is 0 Å². The van der Waals surface area contributed by atoms with Crippen LogP contribution in [0, 0.1) is 5.92 Å². The first-order chi connectivity index (χ1) is 16.0. The number of carbonyl (C=O) groups is 5. The number of imidazole rings is 1. The van der Waals surface area contributed by atoms with Gasteiger partial charge in [-0.3, -0.25) is 19.2 Å². The second-order valence-electron chi connectivity index (χ2n) is 8.64. The molecule has 188 valence electrons. The van der Waals surface area contributed by atoms with Crippen LogP contribution in [0.2, 0.25) is 0 Å². The molecule has 4 unspecified atom stereocenters. The van der Waals surface area contributed by atoms with Crippen molar-refractivity contribution in [2.24, 2.45) is 11.7 Å². The molecule has 1 fully saturated rings. The minimum Gasteiger partial charge on any atom is -0.481 e. The second kappa shape index (κ2) is 12.1.